The Balaban J connectivity index is 1.41. The molecule has 1 amide bonds. The van der Waals surface area contributed by atoms with Gasteiger partial charge in [0, 0.05) is 18.7 Å². The molecular weight excluding hydrogens is 917 g/mol. The average molecular weight is 970 g/mol. The van der Waals surface area contributed by atoms with E-state index in [-0.39, 0.29) is 48.1 Å². The molecule has 0 bridgehead atoms. The molecule has 1 N–H and O–H groups in total. The molecule has 67 heavy (non-hydrogen) atoms. The van der Waals surface area contributed by atoms with Gasteiger partial charge in [0.2, 0.25) is 0 Å². The Morgan fingerprint density at radius 3 is 1.57 bits per heavy atom. The Morgan fingerprint density at radius 1 is 0.567 bits per heavy atom. The fourth-order valence-electron chi connectivity index (χ4n) is 6.73. The van der Waals surface area contributed by atoms with Crippen LogP contribution in [0.25, 0.3) is 0 Å². The maximum atomic E-state index is 14.8. The number of anilines is 3. The van der Waals surface area contributed by atoms with Gasteiger partial charge >= 0.3 is 23.5 Å². The standard InChI is InChI=1S/C49H55N2O13P3/c1-36(2)17-14-18-37(3)19-15-20-38(4)29-30-51-44-31-42(62-65(53,54)59-33-39-21-8-5-9-22-39)32-46(64-67(57,58)61-35-41-25-12-7-13-26-41)48(44)50-47-43(49(51)52)27-16-28-45(47)63-66(55,56)60-34-40-23-10-6-11-24-40/h5-13,16-17,19,21-29,31-32,50H,14-15,18,20,30,33-35H2,1-4H3,(H,53,54)(H,55,56)(H,57,58)/p-3/b37-19+,38-29+. The van der Waals surface area contributed by atoms with Crippen molar-refractivity contribution in [1.82, 2.24) is 0 Å². The van der Waals surface area contributed by atoms with Crippen molar-refractivity contribution in [2.75, 3.05) is 16.8 Å². The topological polar surface area (TPSA) is 208 Å². The third-order valence-electron chi connectivity index (χ3n) is 10.2. The number of nitrogens with zero attached hydrogens (tertiary/aromatic N) is 1. The van der Waals surface area contributed by atoms with Crippen LogP contribution in [0, 0.1) is 0 Å². The molecular formula is C49H52N2O13P3-3. The normalized spacial score (nSPS) is 15.4. The molecule has 0 saturated heterocycles. The van der Waals surface area contributed by atoms with Gasteiger partial charge in [0.05, 0.1) is 36.8 Å². The molecule has 0 saturated carbocycles. The molecule has 0 radical (unpaired) electrons. The van der Waals surface area contributed by atoms with Crippen LogP contribution in [0.2, 0.25) is 0 Å². The number of amides is 1. The highest BCUT2D eigenvalue weighted by molar-refractivity contribution is 7.46. The Hall–Kier alpha value is -5.56. The van der Waals surface area contributed by atoms with E-state index in [2.05, 4.69) is 38.2 Å². The molecule has 3 atom stereocenters. The van der Waals surface area contributed by atoms with Crippen LogP contribution in [0.15, 0.2) is 156 Å². The summed E-state index contributed by atoms with van der Waals surface area (Å²) in [6.07, 6.45) is 9.37. The van der Waals surface area contributed by atoms with Crippen molar-refractivity contribution < 1.29 is 60.3 Å². The third-order valence-corrected chi connectivity index (χ3v) is 12.8. The summed E-state index contributed by atoms with van der Waals surface area (Å²) in [5, 5.41) is 2.98. The molecule has 0 spiro atoms. The zero-order chi connectivity index (χ0) is 48.0. The van der Waals surface area contributed by atoms with Crippen LogP contribution in [0.5, 0.6) is 17.2 Å². The number of phosphoric acid groups is 3. The number of benzene rings is 5. The van der Waals surface area contributed by atoms with Crippen molar-refractivity contribution in [2.24, 2.45) is 0 Å². The van der Waals surface area contributed by atoms with E-state index in [0.29, 0.717) is 23.1 Å². The Kier molecular flexibility index (Phi) is 17.8. The van der Waals surface area contributed by atoms with Crippen molar-refractivity contribution >= 4 is 46.4 Å². The zero-order valence-corrected chi connectivity index (χ0v) is 40.2. The molecule has 354 valence electrons. The van der Waals surface area contributed by atoms with Crippen LogP contribution in [0.1, 0.15) is 80.4 Å². The Morgan fingerprint density at radius 2 is 1.04 bits per heavy atom. The number of carbonyl (C=O) groups is 1. The summed E-state index contributed by atoms with van der Waals surface area (Å²) in [4.78, 5) is 56.4. The van der Waals surface area contributed by atoms with Crippen molar-refractivity contribution in [3.8, 4) is 17.2 Å². The second-order valence-electron chi connectivity index (χ2n) is 15.9. The first-order chi connectivity index (χ1) is 32.0. The lowest BCUT2D eigenvalue weighted by Crippen LogP contribution is -2.30. The smallest absolute Gasteiger partial charge is 0.320 e. The highest BCUT2D eigenvalue weighted by Crippen LogP contribution is 2.54. The summed E-state index contributed by atoms with van der Waals surface area (Å²) in [6, 6.07) is 31.7. The zero-order valence-electron chi connectivity index (χ0n) is 37.5. The first-order valence-corrected chi connectivity index (χ1v) is 25.8. The number of allylic oxidation sites excluding steroid dienone is 5. The van der Waals surface area contributed by atoms with E-state index in [9.17, 15) is 33.2 Å². The Labute approximate surface area is 391 Å². The van der Waals surface area contributed by atoms with Gasteiger partial charge in [-0.15, -0.1) is 0 Å². The minimum Gasteiger partial charge on any atom is -0.746 e. The minimum absolute atomic E-state index is 0.0996. The molecule has 0 aromatic heterocycles. The van der Waals surface area contributed by atoms with Crippen molar-refractivity contribution in [2.45, 2.75) is 73.2 Å². The fourth-order valence-corrected chi connectivity index (χ4v) is 8.95. The van der Waals surface area contributed by atoms with Gasteiger partial charge in [0.15, 0.2) is 11.5 Å². The number of fused-ring (bicyclic) bond motifs is 2. The number of hydrogen-bond donors (Lipinski definition) is 1. The van der Waals surface area contributed by atoms with E-state index in [4.69, 9.17) is 27.1 Å². The summed E-state index contributed by atoms with van der Waals surface area (Å²) < 4.78 is 72.5. The van der Waals surface area contributed by atoms with Crippen molar-refractivity contribution in [3.05, 3.63) is 179 Å². The van der Waals surface area contributed by atoms with Gasteiger partial charge in [-0.2, -0.15) is 0 Å². The average Bonchev–Trinajstić information content (AvgIpc) is 3.41. The molecule has 1 aliphatic rings. The third kappa shape index (κ3) is 15.8. The maximum Gasteiger partial charge on any atom is 0.320 e. The lowest BCUT2D eigenvalue weighted by Gasteiger charge is -2.29. The van der Waals surface area contributed by atoms with Crippen LogP contribution in [0.3, 0.4) is 0 Å². The highest BCUT2D eigenvalue weighted by atomic mass is 31.2. The number of carbonyl (C=O) groups excluding carboxylic acids is 1. The summed E-state index contributed by atoms with van der Waals surface area (Å²) >= 11 is 0. The second kappa shape index (κ2) is 23.4. The molecule has 0 fully saturated rings. The molecule has 5 aromatic carbocycles. The Bertz CT molecular complexity index is 2730. The van der Waals surface area contributed by atoms with Crippen LogP contribution >= 0.6 is 23.5 Å². The van der Waals surface area contributed by atoms with Gasteiger partial charge in [-0.25, -0.2) is 0 Å². The van der Waals surface area contributed by atoms with Gasteiger partial charge < -0.3 is 52.0 Å². The lowest BCUT2D eigenvalue weighted by atomic mass is 10.1. The fraction of sp³-hybridized carbons (Fsp3) is 0.245. The predicted octanol–water partition coefficient (Wildman–Crippen LogP) is 11.0. The van der Waals surface area contributed by atoms with Crippen molar-refractivity contribution in [1.29, 1.82) is 0 Å². The summed E-state index contributed by atoms with van der Waals surface area (Å²) in [5.74, 6) is -2.16. The van der Waals surface area contributed by atoms with E-state index in [1.807, 2.05) is 6.92 Å². The molecule has 6 rings (SSSR count). The number of nitrogens with one attached hydrogen (secondary N) is 1. The molecule has 3 unspecified atom stereocenters. The van der Waals surface area contributed by atoms with E-state index < -0.39 is 47.5 Å². The largest absolute Gasteiger partial charge is 0.746 e. The summed E-state index contributed by atoms with van der Waals surface area (Å²) in [6.45, 7) is 6.82. The minimum atomic E-state index is -5.33. The lowest BCUT2D eigenvalue weighted by molar-refractivity contribution is -0.219. The first-order valence-electron chi connectivity index (χ1n) is 21.4. The number of phosphoric ester groups is 3. The van der Waals surface area contributed by atoms with Gasteiger partial charge in [-0.3, -0.25) is 18.5 Å². The van der Waals surface area contributed by atoms with E-state index in [1.165, 1.54) is 40.3 Å². The van der Waals surface area contributed by atoms with Gasteiger partial charge in [-0.1, -0.05) is 132 Å². The molecule has 15 nitrogen and oxygen atoms in total. The van der Waals surface area contributed by atoms with Gasteiger partial charge in [-0.05, 0) is 82.2 Å². The van der Waals surface area contributed by atoms with Gasteiger partial charge in [0.1, 0.15) is 11.4 Å². The monoisotopic (exact) mass is 969 g/mol. The van der Waals surface area contributed by atoms with E-state index >= 15 is 0 Å². The molecule has 1 aliphatic heterocycles. The van der Waals surface area contributed by atoms with E-state index in [0.717, 1.165) is 30.9 Å². The van der Waals surface area contributed by atoms with Crippen LogP contribution in [-0.4, -0.2) is 12.5 Å². The molecule has 1 heterocycles. The number of rotatable bonds is 23. The van der Waals surface area contributed by atoms with E-state index in [1.54, 1.807) is 97.1 Å². The molecule has 18 heteroatoms. The first kappa shape index (κ1) is 50.8. The highest BCUT2D eigenvalue weighted by Gasteiger charge is 2.33. The quantitative estimate of drug-likeness (QED) is 0.0477. The summed E-state index contributed by atoms with van der Waals surface area (Å²) in [7, 11) is -15.7. The molecule has 5 aromatic rings. The van der Waals surface area contributed by atoms with Crippen LogP contribution in [-0.2, 0) is 47.1 Å². The van der Waals surface area contributed by atoms with Gasteiger partial charge in [0.25, 0.3) is 5.91 Å². The number of para-hydroxylation sites is 1. The summed E-state index contributed by atoms with van der Waals surface area (Å²) in [5.41, 5.74) is 4.34. The molecule has 0 aliphatic carbocycles. The maximum absolute atomic E-state index is 14.8. The predicted molar refractivity (Wildman–Crippen MR) is 252 cm³/mol. The van der Waals surface area contributed by atoms with Crippen LogP contribution < -0.4 is 38.5 Å². The SMILES string of the molecule is CC(C)=CCC/C(C)=C/CC/C(C)=C/CN1C(=O)c2cccc(OP(=O)([O-])OCc3ccccc3)c2Nc2c(OP(=O)([O-])OCc3ccccc3)cc(OP(=O)([O-])OCc3ccccc3)cc21. The number of hydrogen-bond acceptors (Lipinski definition) is 14. The van der Waals surface area contributed by atoms with Crippen LogP contribution in [0.4, 0.5) is 17.1 Å². The second-order valence-corrected chi connectivity index (χ2v) is 19.9. The van der Waals surface area contributed by atoms with Crippen molar-refractivity contribution in [3.63, 3.8) is 0 Å².